The van der Waals surface area contributed by atoms with Gasteiger partial charge in [0.05, 0.1) is 10.4 Å². The summed E-state index contributed by atoms with van der Waals surface area (Å²) in [6.45, 7) is 0. The van der Waals surface area contributed by atoms with E-state index in [1.54, 1.807) is 0 Å². The molecule has 0 bridgehead atoms. The van der Waals surface area contributed by atoms with Crippen LogP contribution in [0.25, 0.3) is 74.8 Å². The third kappa shape index (κ3) is 3.31. The minimum atomic E-state index is 0.876. The first kappa shape index (κ1) is 23.9. The van der Waals surface area contributed by atoms with Crippen molar-refractivity contribution in [3.63, 3.8) is 0 Å². The summed E-state index contributed by atoms with van der Waals surface area (Å²) in [6, 6.07) is 49.4. The Kier molecular flexibility index (Phi) is 4.87. The predicted octanol–water partition coefficient (Wildman–Crippen LogP) is 12.5. The van der Waals surface area contributed by atoms with Gasteiger partial charge < -0.3 is 13.7 Å². The van der Waals surface area contributed by atoms with Crippen LogP contribution in [0.5, 0.6) is 0 Å². The first-order valence-corrected chi connectivity index (χ1v) is 15.6. The van der Waals surface area contributed by atoms with Gasteiger partial charge in [0.25, 0.3) is 0 Å². The van der Waals surface area contributed by atoms with Crippen molar-refractivity contribution in [2.75, 3.05) is 4.90 Å². The van der Waals surface area contributed by atoms with Crippen molar-refractivity contribution in [3.8, 4) is 0 Å². The molecule has 0 aliphatic heterocycles. The molecule has 3 aromatic heterocycles. The molecule has 7 aromatic carbocycles. The predicted molar refractivity (Wildman–Crippen MR) is 186 cm³/mol. The Labute approximate surface area is 255 Å². The molecule has 3 nitrogen and oxygen atoms in total. The molecule has 0 saturated carbocycles. The lowest BCUT2D eigenvalue weighted by molar-refractivity contribution is 0.668. The highest BCUT2D eigenvalue weighted by atomic mass is 32.1. The first-order valence-electron chi connectivity index (χ1n) is 14.8. The van der Waals surface area contributed by atoms with Crippen molar-refractivity contribution in [3.05, 3.63) is 140 Å². The van der Waals surface area contributed by atoms with Crippen molar-refractivity contribution in [1.82, 2.24) is 0 Å². The smallest absolute Gasteiger partial charge is 0.136 e. The number of furan rings is 2. The zero-order valence-electron chi connectivity index (χ0n) is 23.5. The zero-order valence-corrected chi connectivity index (χ0v) is 24.3. The molecule has 44 heavy (non-hydrogen) atoms. The van der Waals surface area contributed by atoms with Crippen LogP contribution in [0.2, 0.25) is 0 Å². The minimum Gasteiger partial charge on any atom is -0.456 e. The van der Waals surface area contributed by atoms with E-state index >= 15 is 0 Å². The highest BCUT2D eigenvalue weighted by Crippen LogP contribution is 2.46. The van der Waals surface area contributed by atoms with E-state index in [1.807, 2.05) is 23.5 Å². The van der Waals surface area contributed by atoms with Crippen molar-refractivity contribution < 1.29 is 8.83 Å². The molecule has 3 heterocycles. The molecule has 0 saturated heterocycles. The van der Waals surface area contributed by atoms with Gasteiger partial charge in [-0.2, -0.15) is 0 Å². The Balaban J connectivity index is 1.27. The largest absolute Gasteiger partial charge is 0.456 e. The number of nitrogens with zero attached hydrogens (tertiary/aromatic N) is 1. The van der Waals surface area contributed by atoms with Crippen LogP contribution in [0.4, 0.5) is 17.1 Å². The highest BCUT2D eigenvalue weighted by molar-refractivity contribution is 7.26. The molecule has 0 amide bonds. The van der Waals surface area contributed by atoms with E-state index in [9.17, 15) is 0 Å². The molecule has 206 valence electrons. The summed E-state index contributed by atoms with van der Waals surface area (Å²) in [5.41, 5.74) is 6.93. The van der Waals surface area contributed by atoms with Crippen LogP contribution in [0, 0.1) is 0 Å². The molecule has 0 radical (unpaired) electrons. The highest BCUT2D eigenvalue weighted by Gasteiger charge is 2.20. The number of benzene rings is 7. The number of thiophene rings is 1. The number of rotatable bonds is 3. The van der Waals surface area contributed by atoms with Gasteiger partial charge in [-0.15, -0.1) is 11.3 Å². The van der Waals surface area contributed by atoms with Gasteiger partial charge in [-0.05, 0) is 83.6 Å². The summed E-state index contributed by atoms with van der Waals surface area (Å²) >= 11 is 1.85. The molecule has 0 fully saturated rings. The van der Waals surface area contributed by atoms with E-state index in [-0.39, 0.29) is 0 Å². The molecule has 10 rings (SSSR count). The van der Waals surface area contributed by atoms with E-state index in [0.29, 0.717) is 0 Å². The fourth-order valence-corrected chi connectivity index (χ4v) is 8.15. The number of para-hydroxylation sites is 2. The van der Waals surface area contributed by atoms with E-state index in [2.05, 4.69) is 132 Å². The quantitative estimate of drug-likeness (QED) is 0.208. The number of hydrogen-bond acceptors (Lipinski definition) is 4. The van der Waals surface area contributed by atoms with Crippen LogP contribution in [-0.4, -0.2) is 0 Å². The second-order valence-electron chi connectivity index (χ2n) is 11.3. The molecule has 0 atom stereocenters. The second kappa shape index (κ2) is 8.96. The van der Waals surface area contributed by atoms with Crippen LogP contribution in [0.1, 0.15) is 0 Å². The molecule has 10 aromatic rings. The van der Waals surface area contributed by atoms with Gasteiger partial charge in [0.2, 0.25) is 0 Å². The fraction of sp³-hybridized carbons (Fsp3) is 0. The monoisotopic (exact) mass is 581 g/mol. The van der Waals surface area contributed by atoms with Crippen molar-refractivity contribution in [1.29, 1.82) is 0 Å². The van der Waals surface area contributed by atoms with E-state index in [0.717, 1.165) is 60.6 Å². The molecule has 0 spiro atoms. The van der Waals surface area contributed by atoms with Gasteiger partial charge in [0, 0.05) is 48.4 Å². The first-order chi connectivity index (χ1) is 21.8. The summed E-state index contributed by atoms with van der Waals surface area (Å²) in [5, 5.41) is 9.41. The Morgan fingerprint density at radius 3 is 1.86 bits per heavy atom. The van der Waals surface area contributed by atoms with Crippen molar-refractivity contribution in [2.24, 2.45) is 0 Å². The van der Waals surface area contributed by atoms with Gasteiger partial charge in [-0.3, -0.25) is 0 Å². The molecular formula is C40H23NO2S. The van der Waals surface area contributed by atoms with Gasteiger partial charge in [0.1, 0.15) is 22.3 Å². The summed E-state index contributed by atoms with van der Waals surface area (Å²) in [5.74, 6) is 0. The lowest BCUT2D eigenvalue weighted by Gasteiger charge is -2.26. The summed E-state index contributed by atoms with van der Waals surface area (Å²) in [7, 11) is 0. The lowest BCUT2D eigenvalue weighted by Crippen LogP contribution is -2.09. The Hall–Kier alpha value is -5.58. The zero-order chi connectivity index (χ0) is 28.8. The average molecular weight is 582 g/mol. The van der Waals surface area contributed by atoms with Crippen LogP contribution >= 0.6 is 11.3 Å². The Morgan fingerprint density at radius 2 is 1.05 bits per heavy atom. The third-order valence-electron chi connectivity index (χ3n) is 8.85. The van der Waals surface area contributed by atoms with Gasteiger partial charge in [-0.1, -0.05) is 66.7 Å². The van der Waals surface area contributed by atoms with Crippen LogP contribution in [0.15, 0.2) is 148 Å². The molecule has 0 N–H and O–H groups in total. The number of fused-ring (bicyclic) bond motifs is 12. The Bertz CT molecular complexity index is 2730. The van der Waals surface area contributed by atoms with Crippen molar-refractivity contribution >= 4 is 103 Å². The van der Waals surface area contributed by atoms with Crippen LogP contribution in [-0.2, 0) is 0 Å². The normalized spacial score (nSPS) is 12.1. The summed E-state index contributed by atoms with van der Waals surface area (Å²) in [6.07, 6.45) is 0. The number of hydrogen-bond donors (Lipinski definition) is 0. The maximum absolute atomic E-state index is 6.46. The van der Waals surface area contributed by atoms with Crippen molar-refractivity contribution in [2.45, 2.75) is 0 Å². The second-order valence-corrected chi connectivity index (χ2v) is 12.3. The molecule has 0 aliphatic rings. The van der Waals surface area contributed by atoms with E-state index < -0.39 is 0 Å². The van der Waals surface area contributed by atoms with Gasteiger partial charge in [-0.25, -0.2) is 0 Å². The molecule has 0 aliphatic carbocycles. The fourth-order valence-electron chi connectivity index (χ4n) is 6.94. The standard InChI is InChI=1S/C40H23NO2S/c1-2-9-24(10-3-1)41(32-14-8-13-29-26-11-5-7-16-37(26)44-40(29)32)25-17-20-34-31(23-25)39-28-19-21-35-38(27(28)18-22-36(39)43-34)30-12-4-6-15-33(30)42-35/h1-23H. The average Bonchev–Trinajstić information content (AvgIpc) is 3.77. The van der Waals surface area contributed by atoms with Gasteiger partial charge >= 0.3 is 0 Å². The maximum Gasteiger partial charge on any atom is 0.136 e. The number of anilines is 3. The summed E-state index contributed by atoms with van der Waals surface area (Å²) in [4.78, 5) is 2.38. The topological polar surface area (TPSA) is 29.5 Å². The molecular weight excluding hydrogens is 559 g/mol. The Morgan fingerprint density at radius 1 is 0.409 bits per heavy atom. The summed E-state index contributed by atoms with van der Waals surface area (Å²) < 4.78 is 15.2. The van der Waals surface area contributed by atoms with Crippen LogP contribution in [0.3, 0.4) is 0 Å². The van der Waals surface area contributed by atoms with Crippen LogP contribution < -0.4 is 4.90 Å². The van der Waals surface area contributed by atoms with E-state index in [4.69, 9.17) is 8.83 Å². The maximum atomic E-state index is 6.46. The van der Waals surface area contributed by atoms with E-state index in [1.165, 1.54) is 31.2 Å². The minimum absolute atomic E-state index is 0.876. The lowest BCUT2D eigenvalue weighted by atomic mass is 9.99. The molecule has 4 heteroatoms. The third-order valence-corrected chi connectivity index (χ3v) is 10.1. The van der Waals surface area contributed by atoms with Gasteiger partial charge in [0.15, 0.2) is 0 Å². The SMILES string of the molecule is c1ccc(N(c2ccc3oc4ccc5c(ccc6oc7ccccc7c65)c4c3c2)c2cccc3c2sc2ccccc23)cc1. The molecule has 0 unspecified atom stereocenters.